The van der Waals surface area contributed by atoms with Crippen molar-refractivity contribution in [1.82, 2.24) is 9.97 Å². The second kappa shape index (κ2) is 9.86. The summed E-state index contributed by atoms with van der Waals surface area (Å²) in [6.07, 6.45) is 0.297. The Bertz CT molecular complexity index is 1060. The Kier molecular flexibility index (Phi) is 7.23. The van der Waals surface area contributed by atoms with Crippen molar-refractivity contribution in [2.24, 2.45) is 0 Å². The molecule has 1 amide bonds. The molecule has 2 heterocycles. The summed E-state index contributed by atoms with van der Waals surface area (Å²) < 4.78 is 4.85. The number of ether oxygens (including phenoxy) is 1. The van der Waals surface area contributed by atoms with Crippen LogP contribution in [0.4, 0.5) is 5.00 Å². The molecule has 0 atom stereocenters. The van der Waals surface area contributed by atoms with E-state index < -0.39 is 5.97 Å². The molecule has 156 valence electrons. The van der Waals surface area contributed by atoms with Gasteiger partial charge in [0, 0.05) is 22.6 Å². The average Bonchev–Trinajstić information content (AvgIpc) is 3.00. The number of amides is 1. The summed E-state index contributed by atoms with van der Waals surface area (Å²) in [4.78, 5) is 34.4. The number of carbonyl (C=O) groups excluding carboxylic acids is 2. The standard InChI is InChI=1S/C22H23N3O3S2/c1-13-14(2)30-21(20(13)22(27)28-4)25-18(26)10-11-29-19-12-17(23-15(3)24-19)16-8-6-5-7-9-16/h5-9,12H,10-11H2,1-4H3,(H,25,26). The Morgan fingerprint density at radius 3 is 2.57 bits per heavy atom. The van der Waals surface area contributed by atoms with Gasteiger partial charge in [-0.1, -0.05) is 30.3 Å². The van der Waals surface area contributed by atoms with Gasteiger partial charge >= 0.3 is 5.97 Å². The molecule has 30 heavy (non-hydrogen) atoms. The van der Waals surface area contributed by atoms with Gasteiger partial charge in [0.15, 0.2) is 0 Å². The molecule has 0 fully saturated rings. The van der Waals surface area contributed by atoms with Gasteiger partial charge in [-0.2, -0.15) is 0 Å². The Hall–Kier alpha value is -2.71. The molecule has 0 aliphatic rings. The number of rotatable bonds is 7. The lowest BCUT2D eigenvalue weighted by atomic mass is 10.1. The normalized spacial score (nSPS) is 10.7. The van der Waals surface area contributed by atoms with Gasteiger partial charge in [-0.15, -0.1) is 23.1 Å². The predicted molar refractivity (Wildman–Crippen MR) is 121 cm³/mol. The van der Waals surface area contributed by atoms with E-state index in [1.807, 2.05) is 57.2 Å². The molecule has 0 saturated heterocycles. The Morgan fingerprint density at radius 2 is 1.87 bits per heavy atom. The topological polar surface area (TPSA) is 81.2 Å². The highest BCUT2D eigenvalue weighted by atomic mass is 32.2. The molecule has 8 heteroatoms. The fraction of sp³-hybridized carbons (Fsp3) is 0.273. The largest absolute Gasteiger partial charge is 0.465 e. The third-order valence-electron chi connectivity index (χ3n) is 4.49. The van der Waals surface area contributed by atoms with Gasteiger partial charge in [-0.05, 0) is 32.4 Å². The maximum atomic E-state index is 12.4. The molecule has 3 rings (SSSR count). The zero-order chi connectivity index (χ0) is 21.7. The SMILES string of the molecule is COC(=O)c1c(NC(=O)CCSc2cc(-c3ccccc3)nc(C)n2)sc(C)c1C. The third kappa shape index (κ3) is 5.25. The van der Waals surface area contributed by atoms with Crippen molar-refractivity contribution in [2.45, 2.75) is 32.2 Å². The third-order valence-corrected chi connectivity index (χ3v) is 6.53. The van der Waals surface area contributed by atoms with Crippen LogP contribution in [0.15, 0.2) is 41.4 Å². The fourth-order valence-corrected chi connectivity index (χ4v) is 4.82. The zero-order valence-electron chi connectivity index (χ0n) is 17.3. The van der Waals surface area contributed by atoms with Crippen LogP contribution in [0.3, 0.4) is 0 Å². The van der Waals surface area contributed by atoms with Gasteiger partial charge in [-0.3, -0.25) is 4.79 Å². The van der Waals surface area contributed by atoms with Crippen LogP contribution in [0.1, 0.15) is 33.0 Å². The molecule has 1 N–H and O–H groups in total. The second-order valence-electron chi connectivity index (χ2n) is 6.63. The number of carbonyl (C=O) groups is 2. The number of aromatic nitrogens is 2. The van der Waals surface area contributed by atoms with Crippen molar-refractivity contribution in [2.75, 3.05) is 18.2 Å². The van der Waals surface area contributed by atoms with E-state index in [2.05, 4.69) is 15.3 Å². The molecule has 3 aromatic rings. The van der Waals surface area contributed by atoms with Crippen molar-refractivity contribution < 1.29 is 14.3 Å². The van der Waals surface area contributed by atoms with Crippen molar-refractivity contribution in [3.8, 4) is 11.3 Å². The van der Waals surface area contributed by atoms with Crippen LogP contribution in [0.25, 0.3) is 11.3 Å². The molecular weight excluding hydrogens is 418 g/mol. The summed E-state index contributed by atoms with van der Waals surface area (Å²) >= 11 is 2.89. The van der Waals surface area contributed by atoms with Gasteiger partial charge in [0.1, 0.15) is 15.9 Å². The molecule has 0 radical (unpaired) electrons. The van der Waals surface area contributed by atoms with E-state index in [0.29, 0.717) is 28.6 Å². The van der Waals surface area contributed by atoms with Crippen molar-refractivity contribution in [3.63, 3.8) is 0 Å². The summed E-state index contributed by atoms with van der Waals surface area (Å²) in [5.41, 5.74) is 3.16. The van der Waals surface area contributed by atoms with Gasteiger partial charge in [-0.25, -0.2) is 14.8 Å². The highest BCUT2D eigenvalue weighted by molar-refractivity contribution is 7.99. The fourth-order valence-electron chi connectivity index (χ4n) is 2.87. The zero-order valence-corrected chi connectivity index (χ0v) is 18.9. The van der Waals surface area contributed by atoms with Gasteiger partial charge < -0.3 is 10.1 Å². The Morgan fingerprint density at radius 1 is 1.13 bits per heavy atom. The molecule has 2 aromatic heterocycles. The lowest BCUT2D eigenvalue weighted by molar-refractivity contribution is -0.115. The summed E-state index contributed by atoms with van der Waals surface area (Å²) in [7, 11) is 1.34. The molecule has 0 saturated carbocycles. The van der Waals surface area contributed by atoms with E-state index in [4.69, 9.17) is 4.74 Å². The van der Waals surface area contributed by atoms with Crippen LogP contribution in [-0.2, 0) is 9.53 Å². The maximum Gasteiger partial charge on any atom is 0.341 e. The van der Waals surface area contributed by atoms with E-state index in [1.165, 1.54) is 30.2 Å². The predicted octanol–water partition coefficient (Wildman–Crippen LogP) is 5.04. The lowest BCUT2D eigenvalue weighted by Gasteiger charge is -2.07. The number of aryl methyl sites for hydroxylation is 2. The van der Waals surface area contributed by atoms with Crippen molar-refractivity contribution in [3.05, 3.63) is 58.2 Å². The average molecular weight is 442 g/mol. The van der Waals surface area contributed by atoms with Crippen LogP contribution >= 0.6 is 23.1 Å². The monoisotopic (exact) mass is 441 g/mol. The lowest BCUT2D eigenvalue weighted by Crippen LogP contribution is -2.14. The molecule has 0 unspecified atom stereocenters. The number of nitrogens with one attached hydrogen (secondary N) is 1. The smallest absolute Gasteiger partial charge is 0.341 e. The maximum absolute atomic E-state index is 12.4. The number of esters is 1. The Balaban J connectivity index is 1.63. The molecular formula is C22H23N3O3S2. The minimum Gasteiger partial charge on any atom is -0.465 e. The van der Waals surface area contributed by atoms with E-state index in [9.17, 15) is 9.59 Å². The van der Waals surface area contributed by atoms with Crippen LogP contribution in [0.2, 0.25) is 0 Å². The number of benzene rings is 1. The first kappa shape index (κ1) is 22.0. The van der Waals surface area contributed by atoms with Crippen LogP contribution in [-0.4, -0.2) is 34.7 Å². The van der Waals surface area contributed by atoms with Gasteiger partial charge in [0.2, 0.25) is 5.91 Å². The molecule has 0 aliphatic heterocycles. The first-order valence-electron chi connectivity index (χ1n) is 9.41. The summed E-state index contributed by atoms with van der Waals surface area (Å²) in [5, 5.41) is 4.22. The van der Waals surface area contributed by atoms with Crippen molar-refractivity contribution >= 4 is 40.0 Å². The number of thioether (sulfide) groups is 1. The minimum atomic E-state index is -0.438. The minimum absolute atomic E-state index is 0.150. The molecule has 0 bridgehead atoms. The summed E-state index contributed by atoms with van der Waals surface area (Å²) in [5.74, 6) is 0.665. The highest BCUT2D eigenvalue weighted by Crippen LogP contribution is 2.33. The number of thiophene rings is 1. The van der Waals surface area contributed by atoms with E-state index in [-0.39, 0.29) is 5.91 Å². The van der Waals surface area contributed by atoms with E-state index in [1.54, 1.807) is 0 Å². The first-order chi connectivity index (χ1) is 14.4. The van der Waals surface area contributed by atoms with E-state index >= 15 is 0 Å². The van der Waals surface area contributed by atoms with Crippen molar-refractivity contribution in [1.29, 1.82) is 0 Å². The number of hydrogen-bond acceptors (Lipinski definition) is 7. The number of methoxy groups -OCH3 is 1. The highest BCUT2D eigenvalue weighted by Gasteiger charge is 2.21. The molecule has 6 nitrogen and oxygen atoms in total. The van der Waals surface area contributed by atoms with Crippen LogP contribution in [0, 0.1) is 20.8 Å². The number of anilines is 1. The molecule has 0 spiro atoms. The summed E-state index contributed by atoms with van der Waals surface area (Å²) in [6.45, 7) is 5.63. The Labute approximate surface area is 184 Å². The first-order valence-corrected chi connectivity index (χ1v) is 11.2. The quantitative estimate of drug-likeness (QED) is 0.314. The van der Waals surface area contributed by atoms with Gasteiger partial charge in [0.25, 0.3) is 0 Å². The molecule has 1 aromatic carbocycles. The van der Waals surface area contributed by atoms with Gasteiger partial charge in [0.05, 0.1) is 18.4 Å². The van der Waals surface area contributed by atoms with E-state index in [0.717, 1.165) is 26.7 Å². The second-order valence-corrected chi connectivity index (χ2v) is 8.97. The van der Waals surface area contributed by atoms with Crippen LogP contribution < -0.4 is 5.32 Å². The summed E-state index contributed by atoms with van der Waals surface area (Å²) in [6, 6.07) is 11.9. The number of hydrogen-bond donors (Lipinski definition) is 1. The molecule has 0 aliphatic carbocycles. The van der Waals surface area contributed by atoms with Crippen LogP contribution in [0.5, 0.6) is 0 Å². The number of nitrogens with zero attached hydrogens (tertiary/aromatic N) is 2.